The third kappa shape index (κ3) is 5.90. The van der Waals surface area contributed by atoms with Crippen molar-refractivity contribution in [2.75, 3.05) is 6.66 Å². The van der Waals surface area contributed by atoms with E-state index in [0.717, 1.165) is 19.9 Å². The number of hydrogen-bond acceptors (Lipinski definition) is 3. The van der Waals surface area contributed by atoms with Gasteiger partial charge in [0, 0.05) is 12.6 Å². The van der Waals surface area contributed by atoms with Crippen LogP contribution in [-0.2, 0) is 16.4 Å². The van der Waals surface area contributed by atoms with Crippen LogP contribution >= 0.6 is 8.58 Å². The molecule has 0 fully saturated rings. The molecule has 2 rings (SSSR count). The maximum Gasteiger partial charge on any atom is 0.228 e. The highest BCUT2D eigenvalue weighted by Gasteiger charge is 2.14. The van der Waals surface area contributed by atoms with E-state index in [4.69, 9.17) is 14.5 Å². The van der Waals surface area contributed by atoms with Crippen LogP contribution in [-0.4, -0.2) is 13.0 Å². The van der Waals surface area contributed by atoms with Crippen LogP contribution in [0.1, 0.15) is 37.6 Å². The summed E-state index contributed by atoms with van der Waals surface area (Å²) in [7, 11) is 0.900. The van der Waals surface area contributed by atoms with Crippen molar-refractivity contribution in [3.05, 3.63) is 65.7 Å². The molecular formula is C20H27O3P. The van der Waals surface area contributed by atoms with E-state index in [-0.39, 0.29) is 0 Å². The first-order valence-electron chi connectivity index (χ1n) is 8.36. The number of ether oxygens (including phenoxy) is 1. The van der Waals surface area contributed by atoms with Crippen LogP contribution in [0.2, 0.25) is 0 Å². The van der Waals surface area contributed by atoms with Crippen LogP contribution < -0.4 is 4.74 Å². The van der Waals surface area contributed by atoms with Gasteiger partial charge in [0.2, 0.25) is 6.29 Å². The Hall–Kier alpha value is -1.41. The van der Waals surface area contributed by atoms with Crippen molar-refractivity contribution in [2.45, 2.75) is 39.3 Å². The summed E-state index contributed by atoms with van der Waals surface area (Å²) in [4.78, 5) is 10.5. The van der Waals surface area contributed by atoms with E-state index in [1.807, 2.05) is 49.4 Å². The van der Waals surface area contributed by atoms with Crippen LogP contribution in [0.25, 0.3) is 0 Å². The third-order valence-electron chi connectivity index (χ3n) is 3.79. The van der Waals surface area contributed by atoms with Crippen molar-refractivity contribution >= 4 is 8.58 Å². The number of benzene rings is 2. The lowest BCUT2D eigenvalue weighted by molar-refractivity contribution is -0.364. The summed E-state index contributed by atoms with van der Waals surface area (Å²) in [6.45, 7) is 9.02. The van der Waals surface area contributed by atoms with Crippen molar-refractivity contribution in [3.8, 4) is 5.75 Å². The zero-order chi connectivity index (χ0) is 17.4. The molecule has 0 aromatic heterocycles. The Labute approximate surface area is 147 Å². The monoisotopic (exact) mass is 346 g/mol. The van der Waals surface area contributed by atoms with Gasteiger partial charge in [-0.1, -0.05) is 56.3 Å². The van der Waals surface area contributed by atoms with Crippen molar-refractivity contribution in [1.29, 1.82) is 0 Å². The van der Waals surface area contributed by atoms with Gasteiger partial charge in [-0.25, -0.2) is 4.89 Å². The van der Waals surface area contributed by atoms with Gasteiger partial charge in [0.05, 0.1) is 0 Å². The van der Waals surface area contributed by atoms with Crippen molar-refractivity contribution in [3.63, 3.8) is 0 Å². The highest BCUT2D eigenvalue weighted by molar-refractivity contribution is 7.37. The normalized spacial score (nSPS) is 14.2. The lowest BCUT2D eigenvalue weighted by Gasteiger charge is -2.20. The van der Waals surface area contributed by atoms with Crippen molar-refractivity contribution in [1.82, 2.24) is 0 Å². The lowest BCUT2D eigenvalue weighted by Crippen LogP contribution is -2.16. The summed E-state index contributed by atoms with van der Waals surface area (Å²) >= 11 is 0. The van der Waals surface area contributed by atoms with Crippen LogP contribution in [0.3, 0.4) is 0 Å². The third-order valence-corrected chi connectivity index (χ3v) is 5.41. The standard InChI is InChI=1S/C20H27O3P/c1-15(2)20(24-4)18-10-12-19(13-11-18)22-16(3)23-21-14-17-8-6-5-7-9-17/h5-13,15-16,20,24H,14H2,1-4H3. The molecule has 3 nitrogen and oxygen atoms in total. The molecule has 3 atom stereocenters. The summed E-state index contributed by atoms with van der Waals surface area (Å²) < 4.78 is 5.74. The van der Waals surface area contributed by atoms with E-state index in [2.05, 4.69) is 32.6 Å². The molecule has 0 saturated carbocycles. The quantitative estimate of drug-likeness (QED) is 0.257. The molecule has 0 aliphatic rings. The molecule has 0 bridgehead atoms. The van der Waals surface area contributed by atoms with Crippen molar-refractivity contribution < 1.29 is 14.5 Å². The Morgan fingerprint density at radius 2 is 1.58 bits per heavy atom. The summed E-state index contributed by atoms with van der Waals surface area (Å²) in [5.41, 5.74) is 3.04. The molecular weight excluding hydrogens is 319 g/mol. The summed E-state index contributed by atoms with van der Waals surface area (Å²) in [5.74, 6) is 1.44. The Kier molecular flexibility index (Phi) is 7.71. The van der Waals surface area contributed by atoms with Crippen LogP contribution in [0.4, 0.5) is 0 Å². The van der Waals surface area contributed by atoms with E-state index in [1.165, 1.54) is 5.56 Å². The van der Waals surface area contributed by atoms with E-state index >= 15 is 0 Å². The smallest absolute Gasteiger partial charge is 0.228 e. The SMILES string of the molecule is CPC(c1ccc(OC(C)OOCc2ccccc2)cc1)C(C)C. The number of rotatable bonds is 9. The first-order chi connectivity index (χ1) is 11.6. The molecule has 0 aliphatic heterocycles. The fourth-order valence-corrected chi connectivity index (χ4v) is 3.81. The van der Waals surface area contributed by atoms with Gasteiger partial charge < -0.3 is 4.74 Å². The van der Waals surface area contributed by atoms with Gasteiger partial charge >= 0.3 is 0 Å². The lowest BCUT2D eigenvalue weighted by atomic mass is 10.0. The van der Waals surface area contributed by atoms with Gasteiger partial charge in [-0.3, -0.25) is 0 Å². The van der Waals surface area contributed by atoms with E-state index < -0.39 is 6.29 Å². The second kappa shape index (κ2) is 9.78. The molecule has 0 aliphatic carbocycles. The second-order valence-electron chi connectivity index (χ2n) is 6.11. The molecule has 2 aromatic carbocycles. The van der Waals surface area contributed by atoms with E-state index in [9.17, 15) is 0 Å². The average Bonchev–Trinajstić information content (AvgIpc) is 2.58. The van der Waals surface area contributed by atoms with E-state index in [1.54, 1.807) is 0 Å². The minimum absolute atomic E-state index is 0.404. The fourth-order valence-electron chi connectivity index (χ4n) is 2.62. The number of hydrogen-bond donors (Lipinski definition) is 0. The molecule has 0 radical (unpaired) electrons. The predicted octanol–water partition coefficient (Wildman–Crippen LogP) is 5.57. The molecule has 0 spiro atoms. The van der Waals surface area contributed by atoms with Gasteiger partial charge in [0.15, 0.2) is 0 Å². The van der Waals surface area contributed by atoms with Gasteiger partial charge in [0.25, 0.3) is 0 Å². The van der Waals surface area contributed by atoms with Gasteiger partial charge in [-0.2, -0.15) is 4.89 Å². The molecule has 130 valence electrons. The minimum Gasteiger partial charge on any atom is -0.462 e. The largest absolute Gasteiger partial charge is 0.462 e. The molecule has 0 N–H and O–H groups in total. The maximum atomic E-state index is 5.74. The molecule has 0 saturated heterocycles. The van der Waals surface area contributed by atoms with Gasteiger partial charge in [-0.15, -0.1) is 8.58 Å². The Bertz CT molecular complexity index is 584. The minimum atomic E-state index is -0.464. The van der Waals surface area contributed by atoms with Crippen LogP contribution in [0, 0.1) is 5.92 Å². The zero-order valence-corrected chi connectivity index (χ0v) is 15.9. The molecule has 24 heavy (non-hydrogen) atoms. The second-order valence-corrected chi connectivity index (χ2v) is 7.31. The predicted molar refractivity (Wildman–Crippen MR) is 101 cm³/mol. The van der Waals surface area contributed by atoms with E-state index in [0.29, 0.717) is 18.2 Å². The van der Waals surface area contributed by atoms with Gasteiger partial charge in [-0.05, 0) is 35.8 Å². The fraction of sp³-hybridized carbons (Fsp3) is 0.400. The molecule has 2 aromatic rings. The molecule has 3 unspecified atom stereocenters. The first-order valence-corrected chi connectivity index (χ1v) is 9.94. The summed E-state index contributed by atoms with van der Waals surface area (Å²) in [6, 6.07) is 18.2. The molecule has 0 heterocycles. The average molecular weight is 346 g/mol. The van der Waals surface area contributed by atoms with Crippen molar-refractivity contribution in [2.24, 2.45) is 5.92 Å². The van der Waals surface area contributed by atoms with Crippen LogP contribution in [0.5, 0.6) is 5.75 Å². The summed E-state index contributed by atoms with van der Waals surface area (Å²) in [5, 5.41) is 0. The Balaban J connectivity index is 1.80. The highest BCUT2D eigenvalue weighted by Crippen LogP contribution is 2.38. The highest BCUT2D eigenvalue weighted by atomic mass is 31.1. The summed E-state index contributed by atoms with van der Waals surface area (Å²) in [6.07, 6.45) is -0.464. The maximum absolute atomic E-state index is 5.74. The topological polar surface area (TPSA) is 27.7 Å². The molecule has 4 heteroatoms. The van der Waals surface area contributed by atoms with Gasteiger partial charge in [0.1, 0.15) is 12.4 Å². The Morgan fingerprint density at radius 3 is 2.17 bits per heavy atom. The van der Waals surface area contributed by atoms with Crippen LogP contribution in [0.15, 0.2) is 54.6 Å². The molecule has 0 amide bonds. The zero-order valence-electron chi connectivity index (χ0n) is 14.9. The first kappa shape index (κ1) is 18.9. The Morgan fingerprint density at radius 1 is 0.917 bits per heavy atom.